The molecule has 0 aliphatic heterocycles. The lowest BCUT2D eigenvalue weighted by atomic mass is 10.1. The number of nitro groups is 1. The third-order valence-corrected chi connectivity index (χ3v) is 3.73. The average Bonchev–Trinajstić information content (AvgIpc) is 2.61. The maximum absolute atomic E-state index is 12.4. The van der Waals surface area contributed by atoms with Crippen LogP contribution in [0.15, 0.2) is 60.7 Å². The van der Waals surface area contributed by atoms with Gasteiger partial charge in [0.05, 0.1) is 4.92 Å². The minimum atomic E-state index is -0.515. The van der Waals surface area contributed by atoms with E-state index in [1.54, 1.807) is 19.2 Å². The number of hydrogen-bond acceptors (Lipinski definition) is 4. The van der Waals surface area contributed by atoms with Gasteiger partial charge < -0.3 is 10.6 Å². The predicted molar refractivity (Wildman–Crippen MR) is 94.5 cm³/mol. The van der Waals surface area contributed by atoms with Crippen molar-refractivity contribution in [3.63, 3.8) is 0 Å². The molecular formula is C18H15N3O3. The van der Waals surface area contributed by atoms with E-state index < -0.39 is 10.8 Å². The number of carbonyl (C=O) groups is 1. The van der Waals surface area contributed by atoms with Crippen molar-refractivity contribution < 1.29 is 9.72 Å². The van der Waals surface area contributed by atoms with Crippen molar-refractivity contribution >= 4 is 33.7 Å². The molecule has 2 N–H and O–H groups in total. The summed E-state index contributed by atoms with van der Waals surface area (Å²) in [5, 5.41) is 18.7. The molecule has 0 spiro atoms. The summed E-state index contributed by atoms with van der Waals surface area (Å²) in [5.41, 5.74) is 1.10. The Morgan fingerprint density at radius 2 is 1.75 bits per heavy atom. The second kappa shape index (κ2) is 6.37. The monoisotopic (exact) mass is 321 g/mol. The third-order valence-electron chi connectivity index (χ3n) is 3.73. The van der Waals surface area contributed by atoms with Crippen LogP contribution in [0.4, 0.5) is 17.1 Å². The van der Waals surface area contributed by atoms with Crippen molar-refractivity contribution in [2.45, 2.75) is 0 Å². The van der Waals surface area contributed by atoms with Crippen LogP contribution in [-0.2, 0) is 0 Å². The van der Waals surface area contributed by atoms with Gasteiger partial charge in [0.25, 0.3) is 11.6 Å². The smallest absolute Gasteiger partial charge is 0.293 e. The molecule has 3 aromatic carbocycles. The van der Waals surface area contributed by atoms with Gasteiger partial charge in [-0.1, -0.05) is 30.3 Å². The number of benzene rings is 3. The lowest BCUT2D eigenvalue weighted by Crippen LogP contribution is -2.12. The van der Waals surface area contributed by atoms with Crippen LogP contribution < -0.4 is 10.6 Å². The molecule has 0 saturated carbocycles. The van der Waals surface area contributed by atoms with Gasteiger partial charge in [-0.05, 0) is 35.0 Å². The predicted octanol–water partition coefficient (Wildman–Crippen LogP) is 4.04. The van der Waals surface area contributed by atoms with Gasteiger partial charge in [0, 0.05) is 24.4 Å². The summed E-state index contributed by atoms with van der Waals surface area (Å²) in [6, 6.07) is 17.7. The molecule has 120 valence electrons. The van der Waals surface area contributed by atoms with Crippen LogP contribution in [0.25, 0.3) is 10.8 Å². The van der Waals surface area contributed by atoms with E-state index in [0.29, 0.717) is 11.4 Å². The molecule has 0 aliphatic carbocycles. The number of fused-ring (bicyclic) bond motifs is 1. The summed E-state index contributed by atoms with van der Waals surface area (Å²) in [6.45, 7) is 0. The Kier molecular flexibility index (Phi) is 4.11. The first-order valence-electron chi connectivity index (χ1n) is 7.35. The zero-order chi connectivity index (χ0) is 17.1. The zero-order valence-corrected chi connectivity index (χ0v) is 12.9. The summed E-state index contributed by atoms with van der Waals surface area (Å²) < 4.78 is 0. The Bertz CT molecular complexity index is 938. The minimum absolute atomic E-state index is 0.135. The van der Waals surface area contributed by atoms with Gasteiger partial charge in [-0.3, -0.25) is 14.9 Å². The number of rotatable bonds is 4. The first kappa shape index (κ1) is 15.5. The average molecular weight is 321 g/mol. The highest BCUT2D eigenvalue weighted by molar-refractivity contribution is 6.06. The maximum atomic E-state index is 12.4. The number of nitrogens with zero attached hydrogens (tertiary/aromatic N) is 1. The van der Waals surface area contributed by atoms with Gasteiger partial charge in [-0.25, -0.2) is 0 Å². The van der Waals surface area contributed by atoms with Gasteiger partial charge >= 0.3 is 0 Å². The van der Waals surface area contributed by atoms with Crippen LogP contribution in [0.1, 0.15) is 10.4 Å². The molecule has 0 atom stereocenters. The highest BCUT2D eigenvalue weighted by Crippen LogP contribution is 2.26. The molecule has 0 bridgehead atoms. The zero-order valence-electron chi connectivity index (χ0n) is 12.9. The number of carbonyl (C=O) groups excluding carboxylic acids is 1. The van der Waals surface area contributed by atoms with E-state index >= 15 is 0 Å². The van der Waals surface area contributed by atoms with Crippen LogP contribution >= 0.6 is 0 Å². The van der Waals surface area contributed by atoms with E-state index in [2.05, 4.69) is 10.6 Å². The summed E-state index contributed by atoms with van der Waals surface area (Å²) in [4.78, 5) is 22.9. The first-order chi connectivity index (χ1) is 11.6. The third kappa shape index (κ3) is 3.03. The Labute approximate surface area is 138 Å². The van der Waals surface area contributed by atoms with Crippen LogP contribution in [0.3, 0.4) is 0 Å². The van der Waals surface area contributed by atoms with Crippen molar-refractivity contribution in [2.24, 2.45) is 0 Å². The fourth-order valence-electron chi connectivity index (χ4n) is 2.51. The molecule has 1 amide bonds. The number of amides is 1. The number of hydrogen-bond donors (Lipinski definition) is 2. The van der Waals surface area contributed by atoms with Crippen molar-refractivity contribution in [3.8, 4) is 0 Å². The molecule has 3 rings (SSSR count). The number of nitro benzene ring substituents is 1. The quantitative estimate of drug-likeness (QED) is 0.561. The van der Waals surface area contributed by atoms with Gasteiger partial charge in [-0.15, -0.1) is 0 Å². The maximum Gasteiger partial charge on any atom is 0.293 e. The second-order valence-electron chi connectivity index (χ2n) is 5.26. The highest BCUT2D eigenvalue weighted by atomic mass is 16.6. The normalized spacial score (nSPS) is 10.4. The Morgan fingerprint density at radius 1 is 1.00 bits per heavy atom. The van der Waals surface area contributed by atoms with Gasteiger partial charge in [0.15, 0.2) is 0 Å². The van der Waals surface area contributed by atoms with E-state index in [4.69, 9.17) is 0 Å². The van der Waals surface area contributed by atoms with Gasteiger partial charge in [-0.2, -0.15) is 0 Å². The SMILES string of the molecule is CNc1ccc(C(=O)Nc2ccc3ccccc3c2)cc1[N+](=O)[O-]. The Morgan fingerprint density at radius 3 is 2.46 bits per heavy atom. The molecule has 0 heterocycles. The Balaban J connectivity index is 1.88. The molecule has 0 saturated heterocycles. The van der Waals surface area contributed by atoms with Crippen molar-refractivity contribution in [2.75, 3.05) is 17.7 Å². The lowest BCUT2D eigenvalue weighted by molar-refractivity contribution is -0.384. The van der Waals surface area contributed by atoms with Crippen LogP contribution in [0.5, 0.6) is 0 Å². The largest absolute Gasteiger partial charge is 0.383 e. The molecule has 3 aromatic rings. The number of anilines is 2. The minimum Gasteiger partial charge on any atom is -0.383 e. The van der Waals surface area contributed by atoms with Crippen LogP contribution in [0, 0.1) is 10.1 Å². The van der Waals surface area contributed by atoms with Crippen molar-refractivity contribution in [3.05, 3.63) is 76.3 Å². The second-order valence-corrected chi connectivity index (χ2v) is 5.26. The molecule has 0 radical (unpaired) electrons. The molecular weight excluding hydrogens is 306 g/mol. The first-order valence-corrected chi connectivity index (χ1v) is 7.35. The van der Waals surface area contributed by atoms with Crippen molar-refractivity contribution in [1.82, 2.24) is 0 Å². The molecule has 6 heteroatoms. The van der Waals surface area contributed by atoms with E-state index in [1.165, 1.54) is 12.1 Å². The van der Waals surface area contributed by atoms with Crippen LogP contribution in [0.2, 0.25) is 0 Å². The van der Waals surface area contributed by atoms with E-state index in [0.717, 1.165) is 10.8 Å². The molecule has 0 fully saturated rings. The topological polar surface area (TPSA) is 84.3 Å². The van der Waals surface area contributed by atoms with E-state index in [9.17, 15) is 14.9 Å². The summed E-state index contributed by atoms with van der Waals surface area (Å²) in [5.74, 6) is -0.393. The van der Waals surface area contributed by atoms with Crippen LogP contribution in [-0.4, -0.2) is 17.9 Å². The highest BCUT2D eigenvalue weighted by Gasteiger charge is 2.17. The summed E-state index contributed by atoms with van der Waals surface area (Å²) in [6.07, 6.45) is 0. The molecule has 0 aliphatic rings. The summed E-state index contributed by atoms with van der Waals surface area (Å²) >= 11 is 0. The lowest BCUT2D eigenvalue weighted by Gasteiger charge is -2.08. The molecule has 0 unspecified atom stereocenters. The fourth-order valence-corrected chi connectivity index (χ4v) is 2.51. The molecule has 6 nitrogen and oxygen atoms in total. The Hall–Kier alpha value is -3.41. The standard InChI is InChI=1S/C18H15N3O3/c1-19-16-9-7-14(11-17(16)21(23)24)18(22)20-15-8-6-12-4-2-3-5-13(12)10-15/h2-11,19H,1H3,(H,20,22). The van der Waals surface area contributed by atoms with E-state index in [-0.39, 0.29) is 11.3 Å². The summed E-state index contributed by atoms with van der Waals surface area (Å²) in [7, 11) is 1.59. The molecule has 24 heavy (non-hydrogen) atoms. The van der Waals surface area contributed by atoms with E-state index in [1.807, 2.05) is 36.4 Å². The van der Waals surface area contributed by atoms with Gasteiger partial charge in [0.2, 0.25) is 0 Å². The van der Waals surface area contributed by atoms with Gasteiger partial charge in [0.1, 0.15) is 5.69 Å². The van der Waals surface area contributed by atoms with Crippen molar-refractivity contribution in [1.29, 1.82) is 0 Å². The molecule has 0 aromatic heterocycles. The fraction of sp³-hybridized carbons (Fsp3) is 0.0556. The number of nitrogens with one attached hydrogen (secondary N) is 2.